The van der Waals surface area contributed by atoms with Crippen molar-refractivity contribution in [2.24, 2.45) is 0 Å². The summed E-state index contributed by atoms with van der Waals surface area (Å²) >= 11 is 0. The minimum Gasteiger partial charge on any atom is -0.390 e. The standard InChI is InChI=1S/C12H14N2O6S/c1-12(2,16)5-6-13-11(15)9-7-8(14(17)18)3-4-10(9)21(13,19)20/h3-4,7,16H,5-6H2,1-2H3. The molecule has 1 N–H and O–H groups in total. The van der Waals surface area contributed by atoms with Crippen molar-refractivity contribution in [3.05, 3.63) is 33.9 Å². The van der Waals surface area contributed by atoms with Gasteiger partial charge in [-0.25, -0.2) is 12.7 Å². The second-order valence-corrected chi connectivity index (χ2v) is 7.21. The minimum atomic E-state index is -4.01. The van der Waals surface area contributed by atoms with E-state index in [2.05, 4.69) is 0 Å². The highest BCUT2D eigenvalue weighted by molar-refractivity contribution is 7.90. The number of sulfonamides is 1. The van der Waals surface area contributed by atoms with Crippen LogP contribution in [0.5, 0.6) is 0 Å². The maximum atomic E-state index is 12.2. The zero-order valence-electron chi connectivity index (χ0n) is 11.4. The molecule has 0 spiro atoms. The number of nitrogens with zero attached hydrogens (tertiary/aromatic N) is 2. The third-order valence-electron chi connectivity index (χ3n) is 3.13. The topological polar surface area (TPSA) is 118 Å². The molecule has 114 valence electrons. The molecule has 0 atom stereocenters. The van der Waals surface area contributed by atoms with Gasteiger partial charge in [0, 0.05) is 18.7 Å². The van der Waals surface area contributed by atoms with Gasteiger partial charge in [-0.15, -0.1) is 0 Å². The fourth-order valence-electron chi connectivity index (χ4n) is 1.98. The molecule has 21 heavy (non-hydrogen) atoms. The van der Waals surface area contributed by atoms with Crippen molar-refractivity contribution >= 4 is 21.6 Å². The number of benzene rings is 1. The molecule has 2 rings (SSSR count). The Kier molecular flexibility index (Phi) is 3.50. The summed E-state index contributed by atoms with van der Waals surface area (Å²) in [7, 11) is -4.01. The molecule has 1 aliphatic rings. The van der Waals surface area contributed by atoms with Crippen molar-refractivity contribution < 1.29 is 23.2 Å². The minimum absolute atomic E-state index is 0.0635. The molecule has 0 saturated carbocycles. The molecule has 1 amide bonds. The molecule has 1 aromatic rings. The molecule has 0 bridgehead atoms. The van der Waals surface area contributed by atoms with E-state index in [0.29, 0.717) is 4.31 Å². The molecule has 0 aliphatic carbocycles. The Morgan fingerprint density at radius 1 is 1.38 bits per heavy atom. The number of aliphatic hydroxyl groups is 1. The lowest BCUT2D eigenvalue weighted by atomic mass is 10.1. The maximum Gasteiger partial charge on any atom is 0.270 e. The first-order valence-corrected chi connectivity index (χ1v) is 7.56. The molecule has 9 heteroatoms. The number of carbonyl (C=O) groups excluding carboxylic acids is 1. The Morgan fingerprint density at radius 3 is 2.52 bits per heavy atom. The number of carbonyl (C=O) groups is 1. The fourth-order valence-corrected chi connectivity index (χ4v) is 3.53. The van der Waals surface area contributed by atoms with Crippen LogP contribution in [-0.4, -0.2) is 40.8 Å². The van der Waals surface area contributed by atoms with Gasteiger partial charge < -0.3 is 5.11 Å². The van der Waals surface area contributed by atoms with Gasteiger partial charge in [0.2, 0.25) is 0 Å². The average molecular weight is 314 g/mol. The Hall–Kier alpha value is -2.00. The van der Waals surface area contributed by atoms with Crippen molar-refractivity contribution in [3.8, 4) is 0 Å². The van der Waals surface area contributed by atoms with Gasteiger partial charge in [-0.3, -0.25) is 14.9 Å². The molecular formula is C12H14N2O6S. The first-order chi connectivity index (χ1) is 9.54. The maximum absolute atomic E-state index is 12.2. The third kappa shape index (κ3) is 2.74. The highest BCUT2D eigenvalue weighted by Crippen LogP contribution is 2.33. The summed E-state index contributed by atoms with van der Waals surface area (Å²) in [5.74, 6) is -0.807. The van der Waals surface area contributed by atoms with Crippen LogP contribution in [0, 0.1) is 10.1 Å². The second kappa shape index (κ2) is 4.78. The van der Waals surface area contributed by atoms with Crippen LogP contribution in [0.3, 0.4) is 0 Å². The summed E-state index contributed by atoms with van der Waals surface area (Å²) in [5, 5.41) is 20.4. The zero-order valence-corrected chi connectivity index (χ0v) is 12.3. The lowest BCUT2D eigenvalue weighted by molar-refractivity contribution is -0.384. The molecule has 8 nitrogen and oxygen atoms in total. The molecule has 1 heterocycles. The molecular weight excluding hydrogens is 300 g/mol. The van der Waals surface area contributed by atoms with Crippen LogP contribution in [0.25, 0.3) is 0 Å². The SMILES string of the molecule is CC(C)(O)CCN1C(=O)c2cc([N+](=O)[O-])ccc2S1(=O)=O. The van der Waals surface area contributed by atoms with Gasteiger partial charge >= 0.3 is 0 Å². The number of fused-ring (bicyclic) bond motifs is 1. The Labute approximate surface area is 121 Å². The first-order valence-electron chi connectivity index (χ1n) is 6.12. The molecule has 0 fully saturated rings. The monoisotopic (exact) mass is 314 g/mol. The van der Waals surface area contributed by atoms with Crippen LogP contribution in [0.15, 0.2) is 23.1 Å². The number of amides is 1. The summed E-state index contributed by atoms with van der Waals surface area (Å²) in [6, 6.07) is 3.06. The van der Waals surface area contributed by atoms with Crippen molar-refractivity contribution in [1.82, 2.24) is 4.31 Å². The van der Waals surface area contributed by atoms with E-state index in [1.54, 1.807) is 0 Å². The first kappa shape index (κ1) is 15.4. The van der Waals surface area contributed by atoms with Gasteiger partial charge in [0.05, 0.1) is 16.1 Å². The quantitative estimate of drug-likeness (QED) is 0.651. The molecule has 1 aliphatic heterocycles. The second-order valence-electron chi connectivity index (χ2n) is 5.38. The predicted molar refractivity (Wildman–Crippen MR) is 72.2 cm³/mol. The van der Waals surface area contributed by atoms with E-state index in [9.17, 15) is 28.4 Å². The molecule has 0 saturated heterocycles. The summed E-state index contributed by atoms with van der Waals surface area (Å²) in [6.07, 6.45) is 0.0635. The lowest BCUT2D eigenvalue weighted by Gasteiger charge is -2.21. The van der Waals surface area contributed by atoms with Crippen molar-refractivity contribution in [1.29, 1.82) is 0 Å². The lowest BCUT2D eigenvalue weighted by Crippen LogP contribution is -2.35. The molecule has 0 unspecified atom stereocenters. The van der Waals surface area contributed by atoms with Crippen LogP contribution >= 0.6 is 0 Å². The van der Waals surface area contributed by atoms with Crippen molar-refractivity contribution in [3.63, 3.8) is 0 Å². The highest BCUT2D eigenvalue weighted by Gasteiger charge is 2.42. The number of rotatable bonds is 4. The van der Waals surface area contributed by atoms with E-state index < -0.39 is 26.5 Å². The van der Waals surface area contributed by atoms with Crippen LogP contribution in [0.2, 0.25) is 0 Å². The zero-order chi connectivity index (χ0) is 16.0. The third-order valence-corrected chi connectivity index (χ3v) is 4.97. The predicted octanol–water partition coefficient (Wildman–Crippen LogP) is 0.900. The summed E-state index contributed by atoms with van der Waals surface area (Å²) in [4.78, 5) is 21.9. The molecule has 0 radical (unpaired) electrons. The molecule has 0 aromatic heterocycles. The molecule has 1 aromatic carbocycles. The van der Waals surface area contributed by atoms with Gasteiger partial charge in [-0.05, 0) is 26.3 Å². The number of nitro groups is 1. The fraction of sp³-hybridized carbons (Fsp3) is 0.417. The normalized spacial score (nSPS) is 16.9. The van der Waals surface area contributed by atoms with Crippen molar-refractivity contribution in [2.45, 2.75) is 30.8 Å². The number of hydrogen-bond acceptors (Lipinski definition) is 6. The van der Waals surface area contributed by atoms with E-state index in [0.717, 1.165) is 18.2 Å². The van der Waals surface area contributed by atoms with Gasteiger partial charge in [-0.1, -0.05) is 0 Å². The van der Waals surface area contributed by atoms with Gasteiger partial charge in [0.1, 0.15) is 4.90 Å². The van der Waals surface area contributed by atoms with E-state index in [-0.39, 0.29) is 29.1 Å². The Balaban J connectivity index is 2.42. The van der Waals surface area contributed by atoms with Crippen LogP contribution in [-0.2, 0) is 10.0 Å². The largest absolute Gasteiger partial charge is 0.390 e. The van der Waals surface area contributed by atoms with Gasteiger partial charge in [-0.2, -0.15) is 0 Å². The van der Waals surface area contributed by atoms with Gasteiger partial charge in [0.25, 0.3) is 21.6 Å². The van der Waals surface area contributed by atoms with E-state index in [1.807, 2.05) is 0 Å². The van der Waals surface area contributed by atoms with Crippen LogP contribution in [0.4, 0.5) is 5.69 Å². The summed E-state index contributed by atoms with van der Waals surface area (Å²) in [5.41, 5.74) is -1.68. The summed E-state index contributed by atoms with van der Waals surface area (Å²) in [6.45, 7) is 2.81. The van der Waals surface area contributed by atoms with Gasteiger partial charge in [0.15, 0.2) is 0 Å². The number of nitro benzene ring substituents is 1. The van der Waals surface area contributed by atoms with E-state index >= 15 is 0 Å². The van der Waals surface area contributed by atoms with E-state index in [1.165, 1.54) is 13.8 Å². The Bertz CT molecular complexity index is 720. The van der Waals surface area contributed by atoms with Crippen molar-refractivity contribution in [2.75, 3.05) is 6.54 Å². The Morgan fingerprint density at radius 2 is 2.00 bits per heavy atom. The van der Waals surface area contributed by atoms with Crippen LogP contribution in [0.1, 0.15) is 30.6 Å². The highest BCUT2D eigenvalue weighted by atomic mass is 32.2. The number of hydrogen-bond donors (Lipinski definition) is 1. The van der Waals surface area contributed by atoms with Crippen LogP contribution < -0.4 is 0 Å². The average Bonchev–Trinajstić information content (AvgIpc) is 2.54. The van der Waals surface area contributed by atoms with E-state index in [4.69, 9.17) is 0 Å². The number of non-ortho nitro benzene ring substituents is 1. The summed E-state index contributed by atoms with van der Waals surface area (Å²) < 4.78 is 25.1. The smallest absolute Gasteiger partial charge is 0.270 e.